The van der Waals surface area contributed by atoms with E-state index >= 15 is 0 Å². The van der Waals surface area contributed by atoms with E-state index in [0.29, 0.717) is 26.2 Å². The number of hydrogen-bond donors (Lipinski definition) is 2. The maximum absolute atomic E-state index is 9.92. The van der Waals surface area contributed by atoms with Gasteiger partial charge in [-0.1, -0.05) is 54.4 Å². The third-order valence-corrected chi connectivity index (χ3v) is 12.7. The summed E-state index contributed by atoms with van der Waals surface area (Å²) in [6.45, 7) is 7.70. The standard InChI is InChI=1S/C45H56N2O7S/c1-3-25-52-45-41(55-35-17-5-4-6-18-35)29-39(47-54-42-20-9-12-26-50-42)37-27-32(15-7-10-23-48)36(19-8-11-24-49)43(44(37)45)38-28-34(21-22-40(38)53-45)51-30-33-16-13-14-31(2)46-33/h3-6,13-14,16-18,21-22,27-28,32,36,41-44,48-49H,1,7-12,15,19-20,23-26,29-30H2,2H3/t32-,36+,41-,42?,43+,44+,45+/m0/s1. The molecule has 0 radical (unpaired) electrons. The summed E-state index contributed by atoms with van der Waals surface area (Å²) in [6.07, 6.45) is 12.4. The van der Waals surface area contributed by atoms with Gasteiger partial charge >= 0.3 is 0 Å². The van der Waals surface area contributed by atoms with Crippen LogP contribution in [0, 0.1) is 24.7 Å². The van der Waals surface area contributed by atoms with Gasteiger partial charge in [0.25, 0.3) is 0 Å². The molecule has 10 heteroatoms. The molecule has 294 valence electrons. The second-order valence-electron chi connectivity index (χ2n) is 15.1. The molecule has 3 heterocycles. The van der Waals surface area contributed by atoms with Crippen LogP contribution in [-0.4, -0.2) is 64.7 Å². The number of aliphatic hydroxyl groups excluding tert-OH is 2. The molecule has 1 saturated carbocycles. The number of aromatic nitrogens is 1. The van der Waals surface area contributed by atoms with Crippen molar-refractivity contribution in [1.82, 2.24) is 4.98 Å². The Bertz CT molecular complexity index is 1780. The zero-order chi connectivity index (χ0) is 38.0. The first-order valence-electron chi connectivity index (χ1n) is 20.2. The van der Waals surface area contributed by atoms with Gasteiger partial charge in [0.05, 0.1) is 35.8 Å². The summed E-state index contributed by atoms with van der Waals surface area (Å²) in [5.74, 6) is 0.627. The van der Waals surface area contributed by atoms with Gasteiger partial charge in [0, 0.05) is 48.1 Å². The Kier molecular flexibility index (Phi) is 13.7. The van der Waals surface area contributed by atoms with Gasteiger partial charge in [-0.2, -0.15) is 0 Å². The molecule has 4 aliphatic rings. The van der Waals surface area contributed by atoms with Crippen molar-refractivity contribution in [2.45, 2.75) is 106 Å². The summed E-state index contributed by atoms with van der Waals surface area (Å²) in [6, 6.07) is 22.6. The van der Waals surface area contributed by atoms with Crippen LogP contribution < -0.4 is 9.47 Å². The SMILES string of the molecule is C=CCO[C@@]12Oc3ccc(OCc4cccc(C)n4)cc3[C@H]3[C@H](CCCCO)[C@@H](CCCCO)C=C(C(=NOC4CCCCO4)C[C@@H]1Sc1ccccc1)[C@H]32. The first-order chi connectivity index (χ1) is 27.0. The lowest BCUT2D eigenvalue weighted by atomic mass is 9.56. The second-order valence-corrected chi connectivity index (χ2v) is 16.4. The summed E-state index contributed by atoms with van der Waals surface area (Å²) < 4.78 is 26.8. The van der Waals surface area contributed by atoms with E-state index in [1.165, 1.54) is 0 Å². The fraction of sp³-hybridized carbons (Fsp3) is 0.511. The van der Waals surface area contributed by atoms with Crippen molar-refractivity contribution in [2.75, 3.05) is 26.4 Å². The minimum Gasteiger partial charge on any atom is -0.487 e. The summed E-state index contributed by atoms with van der Waals surface area (Å²) in [4.78, 5) is 12.0. The normalized spacial score (nSPS) is 27.7. The van der Waals surface area contributed by atoms with Crippen molar-refractivity contribution >= 4 is 17.5 Å². The van der Waals surface area contributed by atoms with Gasteiger partial charge in [-0.25, -0.2) is 0 Å². The van der Waals surface area contributed by atoms with Gasteiger partial charge in [0.1, 0.15) is 18.1 Å². The van der Waals surface area contributed by atoms with Crippen LogP contribution in [0.2, 0.25) is 0 Å². The zero-order valence-corrected chi connectivity index (χ0v) is 32.8. The molecule has 7 atom stereocenters. The molecule has 2 aliphatic carbocycles. The third-order valence-electron chi connectivity index (χ3n) is 11.4. The van der Waals surface area contributed by atoms with Gasteiger partial charge in [-0.05, 0) is 105 Å². The van der Waals surface area contributed by atoms with E-state index in [0.717, 1.165) is 102 Å². The number of oxime groups is 1. The average molecular weight is 769 g/mol. The molecule has 1 unspecified atom stereocenters. The van der Waals surface area contributed by atoms with E-state index < -0.39 is 5.79 Å². The first kappa shape index (κ1) is 39.6. The minimum atomic E-state index is -1.06. The van der Waals surface area contributed by atoms with Crippen LogP contribution in [0.5, 0.6) is 11.5 Å². The largest absolute Gasteiger partial charge is 0.487 e. The van der Waals surface area contributed by atoms with Crippen LogP contribution in [0.25, 0.3) is 0 Å². The van der Waals surface area contributed by atoms with E-state index in [1.54, 1.807) is 17.8 Å². The van der Waals surface area contributed by atoms with Crippen LogP contribution in [0.4, 0.5) is 0 Å². The van der Waals surface area contributed by atoms with E-state index in [4.69, 9.17) is 28.9 Å². The van der Waals surface area contributed by atoms with E-state index in [1.807, 2.05) is 43.3 Å². The van der Waals surface area contributed by atoms with E-state index in [9.17, 15) is 10.2 Å². The van der Waals surface area contributed by atoms with Crippen molar-refractivity contribution in [1.29, 1.82) is 0 Å². The van der Waals surface area contributed by atoms with Crippen molar-refractivity contribution in [3.63, 3.8) is 0 Å². The number of rotatable bonds is 18. The topological polar surface area (TPSA) is 112 Å². The average Bonchev–Trinajstić information content (AvgIpc) is 3.21. The fourth-order valence-corrected chi connectivity index (χ4v) is 10.2. The van der Waals surface area contributed by atoms with Crippen LogP contribution >= 0.6 is 11.8 Å². The maximum Gasteiger partial charge on any atom is 0.231 e. The van der Waals surface area contributed by atoms with Gasteiger partial charge in [0.2, 0.25) is 12.1 Å². The number of unbranched alkanes of at least 4 members (excludes halogenated alkanes) is 2. The van der Waals surface area contributed by atoms with Crippen molar-refractivity contribution < 1.29 is 34.0 Å². The summed E-state index contributed by atoms with van der Waals surface area (Å²) in [5.41, 5.74) is 4.91. The Morgan fingerprint density at radius 3 is 2.60 bits per heavy atom. The van der Waals surface area contributed by atoms with Crippen molar-refractivity contribution in [2.24, 2.45) is 22.9 Å². The maximum atomic E-state index is 9.92. The quantitative estimate of drug-likeness (QED) is 0.0745. The van der Waals surface area contributed by atoms with Gasteiger partial charge in [-0.15, -0.1) is 18.3 Å². The third kappa shape index (κ3) is 9.15. The molecule has 2 aliphatic heterocycles. The summed E-state index contributed by atoms with van der Waals surface area (Å²) >= 11 is 1.76. The smallest absolute Gasteiger partial charge is 0.231 e. The Morgan fingerprint density at radius 2 is 1.84 bits per heavy atom. The van der Waals surface area contributed by atoms with Crippen LogP contribution in [-0.2, 0) is 20.9 Å². The number of aliphatic hydroxyl groups is 2. The molecule has 2 N–H and O–H groups in total. The lowest BCUT2D eigenvalue weighted by Gasteiger charge is -2.58. The number of pyridine rings is 1. The first-order valence-corrected chi connectivity index (χ1v) is 21.0. The fourth-order valence-electron chi connectivity index (χ4n) is 8.93. The molecule has 0 amide bonds. The Morgan fingerprint density at radius 1 is 1.00 bits per heavy atom. The van der Waals surface area contributed by atoms with Crippen molar-refractivity contribution in [3.05, 3.63) is 108 Å². The van der Waals surface area contributed by atoms with Gasteiger partial charge < -0.3 is 34.0 Å². The zero-order valence-electron chi connectivity index (χ0n) is 32.0. The van der Waals surface area contributed by atoms with E-state index in [2.05, 4.69) is 48.0 Å². The summed E-state index contributed by atoms with van der Waals surface area (Å²) in [7, 11) is 0. The molecule has 3 aromatic rings. The van der Waals surface area contributed by atoms with Gasteiger partial charge in [0.15, 0.2) is 0 Å². The predicted octanol–water partition coefficient (Wildman–Crippen LogP) is 8.92. The van der Waals surface area contributed by atoms with Crippen LogP contribution in [0.15, 0.2) is 101 Å². The van der Waals surface area contributed by atoms with Gasteiger partial charge in [-0.3, -0.25) is 4.98 Å². The molecule has 1 saturated heterocycles. The number of ether oxygens (including phenoxy) is 4. The Balaban J connectivity index is 1.37. The second kappa shape index (κ2) is 19.0. The molecule has 55 heavy (non-hydrogen) atoms. The molecular weight excluding hydrogens is 713 g/mol. The molecule has 2 fully saturated rings. The highest BCUT2D eigenvalue weighted by Gasteiger charge is 2.64. The highest BCUT2D eigenvalue weighted by molar-refractivity contribution is 8.00. The molecule has 0 bridgehead atoms. The number of hydrogen-bond acceptors (Lipinski definition) is 10. The number of thioether (sulfide) groups is 1. The number of nitrogens with zero attached hydrogens (tertiary/aromatic N) is 2. The molecule has 2 aromatic carbocycles. The van der Waals surface area contributed by atoms with Crippen LogP contribution in [0.3, 0.4) is 0 Å². The minimum absolute atomic E-state index is 0.0256. The summed E-state index contributed by atoms with van der Waals surface area (Å²) in [5, 5.41) is 24.5. The number of fused-ring (bicyclic) bond motifs is 2. The monoisotopic (exact) mass is 768 g/mol. The number of aryl methyl sites for hydroxylation is 1. The molecule has 0 spiro atoms. The molecular formula is C45H56N2O7S. The lowest BCUT2D eigenvalue weighted by Crippen LogP contribution is -2.64. The molecule has 9 nitrogen and oxygen atoms in total. The highest BCUT2D eigenvalue weighted by Crippen LogP contribution is 2.63. The highest BCUT2D eigenvalue weighted by atomic mass is 32.2. The number of benzene rings is 2. The molecule has 1 aromatic heterocycles. The number of allylic oxidation sites excluding steroid dienone is 1. The Hall–Kier alpha value is -3.67. The Labute approximate surface area is 330 Å². The molecule has 7 rings (SSSR count). The lowest BCUT2D eigenvalue weighted by molar-refractivity contribution is -0.223. The van der Waals surface area contributed by atoms with E-state index in [-0.39, 0.29) is 48.4 Å². The van der Waals surface area contributed by atoms with Crippen molar-refractivity contribution in [3.8, 4) is 11.5 Å². The predicted molar refractivity (Wildman–Crippen MR) is 215 cm³/mol. The van der Waals surface area contributed by atoms with Crippen LogP contribution in [0.1, 0.15) is 87.1 Å².